The first kappa shape index (κ1) is 14.6. The minimum atomic E-state index is -4.31. The Kier molecular flexibility index (Phi) is 5.21. The van der Waals surface area contributed by atoms with E-state index in [2.05, 4.69) is 5.32 Å². The molecular formula is C11H15F3N2O2. The van der Waals surface area contributed by atoms with Gasteiger partial charge in [0.25, 0.3) is 0 Å². The monoisotopic (exact) mass is 264 g/mol. The molecule has 2 N–H and O–H groups in total. The number of hydrogen-bond acceptors (Lipinski definition) is 3. The number of carbonyl (C=O) groups excluding carboxylic acids is 1. The lowest BCUT2D eigenvalue weighted by Gasteiger charge is -2.13. The van der Waals surface area contributed by atoms with Gasteiger partial charge in [-0.2, -0.15) is 13.2 Å². The average molecular weight is 264 g/mol. The first-order valence-electron chi connectivity index (χ1n) is 5.46. The molecule has 0 radical (unpaired) electrons. The van der Waals surface area contributed by atoms with Gasteiger partial charge in [0.2, 0.25) is 5.91 Å². The first-order chi connectivity index (χ1) is 8.37. The largest absolute Gasteiger partial charge is 0.469 e. The van der Waals surface area contributed by atoms with Crippen molar-refractivity contribution in [3.8, 4) is 0 Å². The van der Waals surface area contributed by atoms with Gasteiger partial charge in [-0.25, -0.2) is 0 Å². The lowest BCUT2D eigenvalue weighted by Crippen LogP contribution is -2.42. The van der Waals surface area contributed by atoms with E-state index in [1.807, 2.05) is 5.32 Å². The highest BCUT2D eigenvalue weighted by Gasteiger charge is 2.26. The molecular weight excluding hydrogens is 249 g/mol. The molecule has 0 saturated heterocycles. The molecule has 102 valence electrons. The van der Waals surface area contributed by atoms with Crippen molar-refractivity contribution < 1.29 is 22.4 Å². The molecule has 1 aromatic heterocycles. The Balaban J connectivity index is 2.19. The molecule has 1 rings (SSSR count). The fraction of sp³-hybridized carbons (Fsp3) is 0.545. The second kappa shape index (κ2) is 6.44. The molecule has 0 saturated carbocycles. The van der Waals surface area contributed by atoms with Crippen molar-refractivity contribution in [2.45, 2.75) is 25.6 Å². The van der Waals surface area contributed by atoms with Gasteiger partial charge in [0.05, 0.1) is 19.4 Å². The SMILES string of the molecule is CC(Cc1ccco1)NC(=O)CNCC(F)(F)F. The minimum absolute atomic E-state index is 0.198. The maximum atomic E-state index is 11.8. The van der Waals surface area contributed by atoms with Gasteiger partial charge in [-0.05, 0) is 19.1 Å². The van der Waals surface area contributed by atoms with Crippen molar-refractivity contribution in [1.29, 1.82) is 0 Å². The summed E-state index contributed by atoms with van der Waals surface area (Å²) in [6.07, 6.45) is -2.28. The van der Waals surface area contributed by atoms with Crippen LogP contribution in [0, 0.1) is 0 Å². The van der Waals surface area contributed by atoms with Crippen molar-refractivity contribution >= 4 is 5.91 Å². The van der Waals surface area contributed by atoms with E-state index in [9.17, 15) is 18.0 Å². The number of hydrogen-bond donors (Lipinski definition) is 2. The van der Waals surface area contributed by atoms with Gasteiger partial charge < -0.3 is 15.1 Å². The van der Waals surface area contributed by atoms with E-state index in [4.69, 9.17) is 4.42 Å². The fourth-order valence-electron chi connectivity index (χ4n) is 1.43. The van der Waals surface area contributed by atoms with Crippen LogP contribution in [0.15, 0.2) is 22.8 Å². The highest BCUT2D eigenvalue weighted by molar-refractivity contribution is 5.78. The molecule has 1 unspecified atom stereocenters. The number of furan rings is 1. The summed E-state index contributed by atoms with van der Waals surface area (Å²) in [5.41, 5.74) is 0. The topological polar surface area (TPSA) is 54.3 Å². The Hall–Kier alpha value is -1.50. The highest BCUT2D eigenvalue weighted by atomic mass is 19.4. The molecule has 1 atom stereocenters. The van der Waals surface area contributed by atoms with Crippen LogP contribution >= 0.6 is 0 Å². The molecule has 18 heavy (non-hydrogen) atoms. The molecule has 1 aromatic rings. The van der Waals surface area contributed by atoms with E-state index in [0.717, 1.165) is 0 Å². The van der Waals surface area contributed by atoms with Gasteiger partial charge >= 0.3 is 6.18 Å². The molecule has 0 bridgehead atoms. The summed E-state index contributed by atoms with van der Waals surface area (Å²) in [6, 6.07) is 3.30. The third-order valence-electron chi connectivity index (χ3n) is 2.11. The Morgan fingerprint density at radius 1 is 1.50 bits per heavy atom. The van der Waals surface area contributed by atoms with Crippen molar-refractivity contribution in [3.63, 3.8) is 0 Å². The van der Waals surface area contributed by atoms with Gasteiger partial charge in [-0.3, -0.25) is 4.79 Å². The van der Waals surface area contributed by atoms with Crippen LogP contribution in [0.2, 0.25) is 0 Å². The molecule has 0 fully saturated rings. The Bertz CT molecular complexity index is 363. The van der Waals surface area contributed by atoms with Crippen LogP contribution in [0.25, 0.3) is 0 Å². The summed E-state index contributed by atoms with van der Waals surface area (Å²) in [6.45, 7) is 0.221. The van der Waals surface area contributed by atoms with E-state index in [1.165, 1.54) is 6.26 Å². The van der Waals surface area contributed by atoms with Crippen LogP contribution in [0.3, 0.4) is 0 Å². The van der Waals surface area contributed by atoms with Crippen molar-refractivity contribution in [2.24, 2.45) is 0 Å². The maximum Gasteiger partial charge on any atom is 0.401 e. The zero-order valence-corrected chi connectivity index (χ0v) is 9.88. The molecule has 0 aliphatic heterocycles. The highest BCUT2D eigenvalue weighted by Crippen LogP contribution is 2.11. The van der Waals surface area contributed by atoms with Gasteiger partial charge in [0, 0.05) is 12.5 Å². The minimum Gasteiger partial charge on any atom is -0.469 e. The van der Waals surface area contributed by atoms with Crippen LogP contribution in [-0.2, 0) is 11.2 Å². The van der Waals surface area contributed by atoms with Gasteiger partial charge in [0.1, 0.15) is 5.76 Å². The third-order valence-corrected chi connectivity index (χ3v) is 2.11. The average Bonchev–Trinajstić information content (AvgIpc) is 2.67. The number of halogens is 3. The zero-order valence-electron chi connectivity index (χ0n) is 9.88. The molecule has 0 aromatic carbocycles. The second-order valence-electron chi connectivity index (χ2n) is 3.97. The standard InChI is InChI=1S/C11H15F3N2O2/c1-8(5-9-3-2-4-18-9)16-10(17)6-15-7-11(12,13)14/h2-4,8,15H,5-7H2,1H3,(H,16,17). The third kappa shape index (κ3) is 6.29. The van der Waals surface area contributed by atoms with Crippen LogP contribution in [0.4, 0.5) is 13.2 Å². The van der Waals surface area contributed by atoms with Crippen molar-refractivity contribution in [3.05, 3.63) is 24.2 Å². The predicted octanol–water partition coefficient (Wildman–Crippen LogP) is 1.48. The summed E-state index contributed by atoms with van der Waals surface area (Å²) < 4.78 is 40.5. The number of rotatable bonds is 6. The molecule has 0 aliphatic carbocycles. The Morgan fingerprint density at radius 3 is 2.78 bits per heavy atom. The van der Waals surface area contributed by atoms with E-state index < -0.39 is 18.6 Å². The number of nitrogens with one attached hydrogen (secondary N) is 2. The summed E-state index contributed by atoms with van der Waals surface area (Å²) in [4.78, 5) is 11.3. The first-order valence-corrected chi connectivity index (χ1v) is 5.46. The van der Waals surface area contributed by atoms with Crippen molar-refractivity contribution in [1.82, 2.24) is 10.6 Å². The van der Waals surface area contributed by atoms with E-state index in [-0.39, 0.29) is 12.6 Å². The maximum absolute atomic E-state index is 11.8. The fourth-order valence-corrected chi connectivity index (χ4v) is 1.43. The summed E-state index contributed by atoms with van der Waals surface area (Å²) in [5, 5.41) is 4.60. The van der Waals surface area contributed by atoms with Crippen LogP contribution in [0.1, 0.15) is 12.7 Å². The van der Waals surface area contributed by atoms with Crippen LogP contribution in [0.5, 0.6) is 0 Å². The van der Waals surface area contributed by atoms with Crippen molar-refractivity contribution in [2.75, 3.05) is 13.1 Å². The van der Waals surface area contributed by atoms with E-state index >= 15 is 0 Å². The molecule has 0 spiro atoms. The Morgan fingerprint density at radius 2 is 2.22 bits per heavy atom. The number of amides is 1. The van der Waals surface area contributed by atoms with E-state index in [1.54, 1.807) is 19.1 Å². The summed E-state index contributed by atoms with van der Waals surface area (Å²) >= 11 is 0. The molecule has 1 amide bonds. The lowest BCUT2D eigenvalue weighted by atomic mass is 10.2. The predicted molar refractivity (Wildman–Crippen MR) is 58.9 cm³/mol. The van der Waals surface area contributed by atoms with E-state index in [0.29, 0.717) is 12.2 Å². The van der Waals surface area contributed by atoms with Gasteiger partial charge in [0.15, 0.2) is 0 Å². The number of alkyl halides is 3. The molecule has 0 aliphatic rings. The van der Waals surface area contributed by atoms with Crippen LogP contribution in [-0.4, -0.2) is 31.2 Å². The van der Waals surface area contributed by atoms with Crippen LogP contribution < -0.4 is 10.6 Å². The normalized spacial score (nSPS) is 13.3. The zero-order chi connectivity index (χ0) is 13.6. The summed E-state index contributed by atoms with van der Waals surface area (Å²) in [7, 11) is 0. The smallest absolute Gasteiger partial charge is 0.401 e. The second-order valence-corrected chi connectivity index (χ2v) is 3.97. The molecule has 4 nitrogen and oxygen atoms in total. The molecule has 7 heteroatoms. The van der Waals surface area contributed by atoms with Gasteiger partial charge in [-0.15, -0.1) is 0 Å². The molecule has 1 heterocycles. The lowest BCUT2D eigenvalue weighted by molar-refractivity contribution is -0.128. The van der Waals surface area contributed by atoms with Gasteiger partial charge in [-0.1, -0.05) is 0 Å². The quantitative estimate of drug-likeness (QED) is 0.818. The summed E-state index contributed by atoms with van der Waals surface area (Å²) in [5.74, 6) is 0.240. The number of carbonyl (C=O) groups is 1. The Labute approximate surface area is 103 Å².